The van der Waals surface area contributed by atoms with Gasteiger partial charge in [0.25, 0.3) is 20.2 Å². The van der Waals surface area contributed by atoms with Crippen molar-refractivity contribution < 1.29 is 35.5 Å². The molecular formula is C23H26O8S2. The topological polar surface area (TPSA) is 135 Å². The lowest BCUT2D eigenvalue weighted by atomic mass is 10.2. The van der Waals surface area contributed by atoms with Crippen LogP contribution >= 0.6 is 0 Å². The first-order valence-electron chi connectivity index (χ1n) is 9.43. The molecule has 10 heteroatoms. The van der Waals surface area contributed by atoms with E-state index >= 15 is 0 Å². The van der Waals surface area contributed by atoms with Crippen LogP contribution in [0.15, 0.2) is 70.5 Å². The van der Waals surface area contributed by atoms with Gasteiger partial charge >= 0.3 is 0 Å². The summed E-state index contributed by atoms with van der Waals surface area (Å²) in [5, 5.41) is 0. The number of carbonyl (C=O) groups is 1. The lowest BCUT2D eigenvalue weighted by Crippen LogP contribution is -2.01. The van der Waals surface area contributed by atoms with Gasteiger partial charge in [-0.2, -0.15) is 16.8 Å². The second kappa shape index (κ2) is 11.7. The minimum absolute atomic E-state index is 0.0116. The summed E-state index contributed by atoms with van der Waals surface area (Å²) in [7, 11) is -8.37. The molecule has 178 valence electrons. The van der Waals surface area contributed by atoms with Crippen molar-refractivity contribution in [1.29, 1.82) is 0 Å². The van der Waals surface area contributed by atoms with E-state index < -0.39 is 20.2 Å². The first-order chi connectivity index (χ1) is 15.3. The van der Waals surface area contributed by atoms with Crippen LogP contribution < -0.4 is 4.74 Å². The lowest BCUT2D eigenvalue weighted by molar-refractivity contribution is -0.0980. The molecule has 0 aliphatic carbocycles. The van der Waals surface area contributed by atoms with Crippen LogP contribution in [0, 0.1) is 27.7 Å². The van der Waals surface area contributed by atoms with E-state index in [4.69, 9.17) is 14.1 Å². The van der Waals surface area contributed by atoms with Crippen LogP contribution in [0.4, 0.5) is 0 Å². The molecule has 0 spiro atoms. The molecule has 2 N–H and O–H groups in total. The minimum atomic E-state index is -4.31. The van der Waals surface area contributed by atoms with Crippen molar-refractivity contribution in [3.05, 3.63) is 82.9 Å². The Morgan fingerprint density at radius 3 is 1.52 bits per heavy atom. The predicted molar refractivity (Wildman–Crippen MR) is 125 cm³/mol. The van der Waals surface area contributed by atoms with Crippen molar-refractivity contribution >= 4 is 27.0 Å². The molecule has 0 heterocycles. The van der Waals surface area contributed by atoms with Gasteiger partial charge in [-0.25, -0.2) is 0 Å². The largest absolute Gasteiger partial charge is 0.456 e. The smallest absolute Gasteiger partial charge is 0.298 e. The summed E-state index contributed by atoms with van der Waals surface area (Å²) in [5.74, 6) is 0.622. The number of benzene rings is 3. The Kier molecular flexibility index (Phi) is 9.93. The Labute approximate surface area is 194 Å². The Morgan fingerprint density at radius 1 is 0.636 bits per heavy atom. The SMILES string of the molecule is C=O.Cc1ccc(C)c(S(=O)(=O)O)c1.Cc1ccc(Oc2ccc(C)cc2S(=O)(=O)O)cc1. The monoisotopic (exact) mass is 494 g/mol. The molecule has 0 atom stereocenters. The molecule has 33 heavy (non-hydrogen) atoms. The van der Waals surface area contributed by atoms with E-state index in [2.05, 4.69) is 0 Å². The molecule has 0 saturated carbocycles. The highest BCUT2D eigenvalue weighted by Gasteiger charge is 2.17. The van der Waals surface area contributed by atoms with Crippen LogP contribution in [0.3, 0.4) is 0 Å². The molecular weight excluding hydrogens is 468 g/mol. The number of hydrogen-bond donors (Lipinski definition) is 2. The Hall–Kier alpha value is -3.05. The maximum absolute atomic E-state index is 11.3. The van der Waals surface area contributed by atoms with Gasteiger partial charge in [-0.15, -0.1) is 0 Å². The van der Waals surface area contributed by atoms with Gasteiger partial charge < -0.3 is 9.53 Å². The fourth-order valence-corrected chi connectivity index (χ4v) is 4.13. The average Bonchev–Trinajstić information content (AvgIpc) is 2.73. The Morgan fingerprint density at radius 2 is 1.06 bits per heavy atom. The van der Waals surface area contributed by atoms with Crippen molar-refractivity contribution in [1.82, 2.24) is 0 Å². The summed E-state index contributed by atoms with van der Waals surface area (Å²) < 4.78 is 67.7. The highest BCUT2D eigenvalue weighted by atomic mass is 32.2. The molecule has 3 aromatic carbocycles. The molecule has 0 fully saturated rings. The van der Waals surface area contributed by atoms with Gasteiger partial charge in [0.2, 0.25) is 0 Å². The zero-order valence-corrected chi connectivity index (χ0v) is 20.3. The highest BCUT2D eigenvalue weighted by molar-refractivity contribution is 7.86. The molecule has 0 bridgehead atoms. The second-order valence-corrected chi connectivity index (χ2v) is 9.86. The van der Waals surface area contributed by atoms with Gasteiger partial charge in [0.05, 0.1) is 4.90 Å². The van der Waals surface area contributed by atoms with E-state index in [-0.39, 0.29) is 15.5 Å². The van der Waals surface area contributed by atoms with Crippen LogP contribution in [0.5, 0.6) is 11.5 Å². The van der Waals surface area contributed by atoms with Gasteiger partial charge in [-0.05, 0) is 74.7 Å². The summed E-state index contributed by atoms with van der Waals surface area (Å²) in [6, 6.07) is 16.7. The Bertz CT molecular complexity index is 1300. The molecule has 0 saturated heterocycles. The van der Waals surface area contributed by atoms with Gasteiger partial charge in [0, 0.05) is 0 Å². The number of aryl methyl sites for hydroxylation is 4. The molecule has 8 nitrogen and oxygen atoms in total. The number of carbonyl (C=O) groups excluding carboxylic acids is 1. The third kappa shape index (κ3) is 8.78. The summed E-state index contributed by atoms with van der Waals surface area (Å²) in [5.41, 5.74) is 3.17. The normalized spacial score (nSPS) is 10.8. The van der Waals surface area contributed by atoms with Crippen LogP contribution in [0.1, 0.15) is 22.3 Å². The van der Waals surface area contributed by atoms with Crippen molar-refractivity contribution in [2.24, 2.45) is 0 Å². The number of rotatable bonds is 4. The van der Waals surface area contributed by atoms with E-state index in [1.807, 2.05) is 25.8 Å². The first-order valence-corrected chi connectivity index (χ1v) is 12.3. The summed E-state index contributed by atoms with van der Waals surface area (Å²) in [6.45, 7) is 9.10. The van der Waals surface area contributed by atoms with Gasteiger partial charge in [-0.1, -0.05) is 35.9 Å². The van der Waals surface area contributed by atoms with Gasteiger partial charge in [0.15, 0.2) is 0 Å². The zero-order chi connectivity index (χ0) is 25.4. The van der Waals surface area contributed by atoms with E-state index in [9.17, 15) is 21.4 Å². The third-order valence-corrected chi connectivity index (χ3v) is 6.12. The predicted octanol–water partition coefficient (Wildman–Crippen LogP) is 4.71. The van der Waals surface area contributed by atoms with E-state index in [1.165, 1.54) is 18.2 Å². The van der Waals surface area contributed by atoms with Crippen molar-refractivity contribution in [3.63, 3.8) is 0 Å². The molecule has 0 aliphatic heterocycles. The van der Waals surface area contributed by atoms with E-state index in [0.29, 0.717) is 11.3 Å². The summed E-state index contributed by atoms with van der Waals surface area (Å²) in [6.07, 6.45) is 0. The van der Waals surface area contributed by atoms with Gasteiger partial charge in [0.1, 0.15) is 23.2 Å². The van der Waals surface area contributed by atoms with E-state index in [0.717, 1.165) is 16.7 Å². The van der Waals surface area contributed by atoms with Crippen LogP contribution in [-0.2, 0) is 25.0 Å². The van der Waals surface area contributed by atoms with Crippen molar-refractivity contribution in [2.75, 3.05) is 0 Å². The molecule has 3 aromatic rings. The molecule has 0 unspecified atom stereocenters. The molecule has 3 rings (SSSR count). The number of ether oxygens (including phenoxy) is 1. The summed E-state index contributed by atoms with van der Waals surface area (Å²) in [4.78, 5) is 7.76. The lowest BCUT2D eigenvalue weighted by Gasteiger charge is -2.10. The first kappa shape index (κ1) is 28.0. The standard InChI is InChI=1S/C14H14O4S.C8H10O3S.CH2O/c1-10-3-6-12(7-4-10)18-13-8-5-11(2)9-14(13)19(15,16)17;1-6-3-4-7(2)8(5-6)12(9,10)11;1-2/h3-9H,1-2H3,(H,15,16,17);3-5H,1-2H3,(H,9,10,11);1H2. The second-order valence-electron chi connectivity index (χ2n) is 7.08. The van der Waals surface area contributed by atoms with Crippen LogP contribution in [0.25, 0.3) is 0 Å². The molecule has 0 aromatic heterocycles. The maximum atomic E-state index is 11.3. The number of hydrogen-bond acceptors (Lipinski definition) is 6. The molecule has 0 radical (unpaired) electrons. The van der Waals surface area contributed by atoms with Crippen molar-refractivity contribution in [2.45, 2.75) is 37.5 Å². The minimum Gasteiger partial charge on any atom is -0.456 e. The molecule has 0 aliphatic rings. The third-order valence-electron chi connectivity index (χ3n) is 4.25. The van der Waals surface area contributed by atoms with Crippen LogP contribution in [-0.4, -0.2) is 32.7 Å². The quantitative estimate of drug-likeness (QED) is 0.498. The van der Waals surface area contributed by atoms with Crippen molar-refractivity contribution in [3.8, 4) is 11.5 Å². The van der Waals surface area contributed by atoms with Crippen LogP contribution in [0.2, 0.25) is 0 Å². The zero-order valence-electron chi connectivity index (χ0n) is 18.6. The highest BCUT2D eigenvalue weighted by Crippen LogP contribution is 2.29. The Balaban J connectivity index is 0.000000335. The molecule has 0 amide bonds. The summed E-state index contributed by atoms with van der Waals surface area (Å²) >= 11 is 0. The van der Waals surface area contributed by atoms with E-state index in [1.54, 1.807) is 51.1 Å². The fraction of sp³-hybridized carbons (Fsp3) is 0.174. The van der Waals surface area contributed by atoms with Gasteiger partial charge in [-0.3, -0.25) is 9.11 Å². The average molecular weight is 495 g/mol. The fourth-order valence-electron chi connectivity index (χ4n) is 2.62. The maximum Gasteiger partial charge on any atom is 0.298 e.